The molecule has 0 saturated carbocycles. The molecule has 9 aromatic carbocycles. The van der Waals surface area contributed by atoms with Gasteiger partial charge < -0.3 is 4.42 Å². The Bertz CT molecular complexity index is 3740. The summed E-state index contributed by atoms with van der Waals surface area (Å²) in [6.45, 7) is 0. The number of hydrogen-bond donors (Lipinski definition) is 0. The predicted octanol–water partition coefficient (Wildman–Crippen LogP) is 14.2. The summed E-state index contributed by atoms with van der Waals surface area (Å²) < 4.78 is 8.64. The van der Waals surface area contributed by atoms with Crippen LogP contribution in [0.5, 0.6) is 0 Å². The molecule has 0 atom stereocenters. The summed E-state index contributed by atoms with van der Waals surface area (Å²) in [4.78, 5) is 18.5. The van der Waals surface area contributed by atoms with E-state index in [1.807, 2.05) is 48.2 Å². The first-order chi connectivity index (χ1) is 29.7. The molecule has 0 N–H and O–H groups in total. The molecule has 60 heavy (non-hydrogen) atoms. The van der Waals surface area contributed by atoms with Gasteiger partial charge in [0.05, 0.1) is 11.0 Å². The minimum atomic E-state index is 0.556. The minimum absolute atomic E-state index is 0.556. The lowest BCUT2D eigenvalue weighted by Crippen LogP contribution is -2.07. The van der Waals surface area contributed by atoms with Crippen molar-refractivity contribution in [3.05, 3.63) is 193 Å². The van der Waals surface area contributed by atoms with Gasteiger partial charge in [0.25, 0.3) is 0 Å². The number of nitrogens with zero attached hydrogens (tertiary/aromatic N) is 4. The van der Waals surface area contributed by atoms with Gasteiger partial charge in [-0.25, -0.2) is 4.98 Å². The van der Waals surface area contributed by atoms with Crippen LogP contribution in [0, 0.1) is 0 Å². The molecule has 6 heteroatoms. The standard InChI is InChI=1S/C54H32N4OS/c1-2-14-34(15-3-1)52-55-53(36-24-27-40-39-19-8-9-23-46(39)59-47(40)31-36)57-54(56-52)58-45-28-25-33-13-5-7-18-38(33)49(45)43-22-11-20-41(50(43)58)42-21-10-16-35-30-44-37-17-6-4-12-32(37)26-29-48(44)60-51(35)42/h1-29,31H,30H2. The summed E-state index contributed by atoms with van der Waals surface area (Å²) in [6.07, 6.45) is 0.878. The quantitative estimate of drug-likeness (QED) is 0.178. The van der Waals surface area contributed by atoms with Crippen LogP contribution in [0.15, 0.2) is 196 Å². The smallest absolute Gasteiger partial charge is 0.238 e. The number of rotatable bonds is 4. The van der Waals surface area contributed by atoms with Crippen LogP contribution in [-0.4, -0.2) is 19.5 Å². The van der Waals surface area contributed by atoms with E-state index in [0.717, 1.165) is 61.5 Å². The van der Waals surface area contributed by atoms with Gasteiger partial charge in [0, 0.05) is 54.4 Å². The maximum atomic E-state index is 6.36. The summed E-state index contributed by atoms with van der Waals surface area (Å²) in [6, 6.07) is 64.5. The van der Waals surface area contributed by atoms with E-state index < -0.39 is 0 Å². The average Bonchev–Trinajstić information content (AvgIpc) is 3.87. The summed E-state index contributed by atoms with van der Waals surface area (Å²) >= 11 is 1.88. The Hall–Kier alpha value is -7.54. The number of hydrogen-bond acceptors (Lipinski definition) is 5. The fourth-order valence-corrected chi connectivity index (χ4v) is 10.6. The summed E-state index contributed by atoms with van der Waals surface area (Å²) in [7, 11) is 0. The summed E-state index contributed by atoms with van der Waals surface area (Å²) in [5.74, 6) is 1.73. The molecule has 280 valence electrons. The molecule has 0 amide bonds. The van der Waals surface area contributed by atoms with Gasteiger partial charge in [-0.3, -0.25) is 4.57 Å². The molecule has 0 unspecified atom stereocenters. The van der Waals surface area contributed by atoms with Crippen LogP contribution in [0.3, 0.4) is 0 Å². The van der Waals surface area contributed by atoms with E-state index in [0.29, 0.717) is 17.6 Å². The first-order valence-electron chi connectivity index (χ1n) is 20.2. The molecule has 3 aromatic heterocycles. The molecule has 0 saturated heterocycles. The van der Waals surface area contributed by atoms with Crippen molar-refractivity contribution in [2.75, 3.05) is 0 Å². The molecular weight excluding hydrogens is 753 g/mol. The Morgan fingerprint density at radius 2 is 1.17 bits per heavy atom. The van der Waals surface area contributed by atoms with Gasteiger partial charge in [0.2, 0.25) is 5.95 Å². The number of fused-ring (bicyclic) bond motifs is 12. The highest BCUT2D eigenvalue weighted by atomic mass is 32.2. The van der Waals surface area contributed by atoms with E-state index in [1.54, 1.807) is 0 Å². The van der Waals surface area contributed by atoms with Crippen molar-refractivity contribution in [2.24, 2.45) is 0 Å². The number of aromatic nitrogens is 4. The highest BCUT2D eigenvalue weighted by Gasteiger charge is 2.26. The second kappa shape index (κ2) is 13.0. The van der Waals surface area contributed by atoms with Crippen LogP contribution in [0.2, 0.25) is 0 Å². The van der Waals surface area contributed by atoms with E-state index in [1.165, 1.54) is 53.4 Å². The van der Waals surface area contributed by atoms with Crippen LogP contribution in [0.4, 0.5) is 0 Å². The third-order valence-corrected chi connectivity index (χ3v) is 13.4. The number of benzene rings is 9. The van der Waals surface area contributed by atoms with Gasteiger partial charge in [0.1, 0.15) is 11.2 Å². The van der Waals surface area contributed by atoms with Gasteiger partial charge in [-0.2, -0.15) is 9.97 Å². The third kappa shape index (κ3) is 5.04. The van der Waals surface area contributed by atoms with Crippen LogP contribution >= 0.6 is 11.8 Å². The van der Waals surface area contributed by atoms with E-state index >= 15 is 0 Å². The van der Waals surface area contributed by atoms with Crippen LogP contribution in [-0.2, 0) is 6.42 Å². The Kier molecular flexibility index (Phi) is 7.23. The Morgan fingerprint density at radius 1 is 0.483 bits per heavy atom. The third-order valence-electron chi connectivity index (χ3n) is 12.1. The Balaban J connectivity index is 1.09. The summed E-state index contributed by atoms with van der Waals surface area (Å²) in [5.41, 5.74) is 10.6. The topological polar surface area (TPSA) is 56.7 Å². The second-order valence-corrected chi connectivity index (χ2v) is 16.6. The zero-order valence-electron chi connectivity index (χ0n) is 32.1. The molecule has 0 fully saturated rings. The largest absolute Gasteiger partial charge is 0.456 e. The van der Waals surface area contributed by atoms with Gasteiger partial charge in [-0.1, -0.05) is 163 Å². The molecular formula is C54H32N4OS. The minimum Gasteiger partial charge on any atom is -0.456 e. The lowest BCUT2D eigenvalue weighted by molar-refractivity contribution is 0.669. The molecule has 1 aliphatic rings. The molecule has 13 rings (SSSR count). The predicted molar refractivity (Wildman–Crippen MR) is 246 cm³/mol. The van der Waals surface area contributed by atoms with Crippen molar-refractivity contribution >= 4 is 77.1 Å². The molecule has 4 heterocycles. The SMILES string of the molecule is c1ccc(-c2nc(-c3ccc4c(c3)oc3ccccc34)nc(-n3c4ccc5ccccc5c4c4cccc(-c5cccc6c5Sc5ccc7ccccc7c5C6)c43)n2)cc1. The first kappa shape index (κ1) is 33.4. The van der Waals surface area contributed by atoms with Crippen molar-refractivity contribution in [1.29, 1.82) is 0 Å². The van der Waals surface area contributed by atoms with Crippen LogP contribution in [0.1, 0.15) is 11.1 Å². The monoisotopic (exact) mass is 784 g/mol. The van der Waals surface area contributed by atoms with Gasteiger partial charge >= 0.3 is 0 Å². The van der Waals surface area contributed by atoms with E-state index in [4.69, 9.17) is 19.4 Å². The van der Waals surface area contributed by atoms with Crippen molar-refractivity contribution in [3.63, 3.8) is 0 Å². The summed E-state index contributed by atoms with van der Waals surface area (Å²) in [5, 5.41) is 9.45. The fourth-order valence-electron chi connectivity index (χ4n) is 9.39. The van der Waals surface area contributed by atoms with Crippen molar-refractivity contribution in [1.82, 2.24) is 19.5 Å². The second-order valence-electron chi connectivity index (χ2n) is 15.5. The van der Waals surface area contributed by atoms with Crippen molar-refractivity contribution in [2.45, 2.75) is 16.2 Å². The lowest BCUT2D eigenvalue weighted by atomic mass is 9.94. The molecule has 1 aliphatic heterocycles. The van der Waals surface area contributed by atoms with Gasteiger partial charge in [-0.05, 0) is 68.6 Å². The van der Waals surface area contributed by atoms with Crippen molar-refractivity contribution < 1.29 is 4.42 Å². The lowest BCUT2D eigenvalue weighted by Gasteiger charge is -2.23. The Morgan fingerprint density at radius 3 is 2.05 bits per heavy atom. The maximum absolute atomic E-state index is 6.36. The molecule has 0 radical (unpaired) electrons. The molecule has 0 aliphatic carbocycles. The van der Waals surface area contributed by atoms with E-state index in [-0.39, 0.29) is 0 Å². The maximum Gasteiger partial charge on any atom is 0.238 e. The molecule has 12 aromatic rings. The van der Waals surface area contributed by atoms with Crippen LogP contribution < -0.4 is 0 Å². The fraction of sp³-hybridized carbons (Fsp3) is 0.0185. The Labute approximate surface area is 348 Å². The molecule has 0 spiro atoms. The highest BCUT2D eigenvalue weighted by Crippen LogP contribution is 2.49. The van der Waals surface area contributed by atoms with E-state index in [9.17, 15) is 0 Å². The van der Waals surface area contributed by atoms with Gasteiger partial charge in [0.15, 0.2) is 11.6 Å². The van der Waals surface area contributed by atoms with E-state index in [2.05, 4.69) is 150 Å². The number of para-hydroxylation sites is 2. The molecule has 0 bridgehead atoms. The normalized spacial score (nSPS) is 12.5. The number of furan rings is 1. The molecule has 5 nitrogen and oxygen atoms in total. The van der Waals surface area contributed by atoms with Crippen LogP contribution in [0.25, 0.3) is 105 Å². The first-order valence-corrected chi connectivity index (χ1v) is 21.0. The zero-order valence-corrected chi connectivity index (χ0v) is 32.9. The zero-order chi connectivity index (χ0) is 39.3. The van der Waals surface area contributed by atoms with Crippen molar-refractivity contribution in [3.8, 4) is 39.9 Å². The average molecular weight is 785 g/mol. The van der Waals surface area contributed by atoms with Gasteiger partial charge in [-0.15, -0.1) is 0 Å². The highest BCUT2D eigenvalue weighted by molar-refractivity contribution is 7.99.